The van der Waals surface area contributed by atoms with Gasteiger partial charge in [-0.2, -0.15) is 0 Å². The third kappa shape index (κ3) is 4.49. The van der Waals surface area contributed by atoms with Gasteiger partial charge in [0.1, 0.15) is 0 Å². The lowest BCUT2D eigenvalue weighted by Gasteiger charge is -2.24. The number of rotatable bonds is 6. The molecular formula is C15H26N2. The van der Waals surface area contributed by atoms with Crippen LogP contribution in [0.1, 0.15) is 37.4 Å². The van der Waals surface area contributed by atoms with Gasteiger partial charge in [-0.25, -0.2) is 0 Å². The van der Waals surface area contributed by atoms with Gasteiger partial charge in [-0.1, -0.05) is 36.8 Å². The summed E-state index contributed by atoms with van der Waals surface area (Å²) >= 11 is 0. The van der Waals surface area contributed by atoms with Gasteiger partial charge in [-0.15, -0.1) is 0 Å². The third-order valence-electron chi connectivity index (χ3n) is 3.43. The molecular weight excluding hydrogens is 208 g/mol. The van der Waals surface area contributed by atoms with Crippen LogP contribution in [0.15, 0.2) is 24.3 Å². The molecule has 1 N–H and O–H groups in total. The molecule has 1 rings (SSSR count). The molecule has 0 aliphatic carbocycles. The average molecular weight is 234 g/mol. The predicted molar refractivity (Wildman–Crippen MR) is 75.4 cm³/mol. The second-order valence-electron chi connectivity index (χ2n) is 5.09. The summed E-state index contributed by atoms with van der Waals surface area (Å²) in [5, 5.41) is 3.64. The summed E-state index contributed by atoms with van der Waals surface area (Å²) in [5.74, 6) is 0. The number of hydrogen-bond acceptors (Lipinski definition) is 2. The molecule has 2 unspecified atom stereocenters. The van der Waals surface area contributed by atoms with E-state index < -0.39 is 0 Å². The highest BCUT2D eigenvalue weighted by atomic mass is 15.1. The van der Waals surface area contributed by atoms with Gasteiger partial charge >= 0.3 is 0 Å². The second-order valence-corrected chi connectivity index (χ2v) is 5.09. The summed E-state index contributed by atoms with van der Waals surface area (Å²) < 4.78 is 0. The maximum Gasteiger partial charge on any atom is 0.0318 e. The molecule has 0 saturated heterocycles. The van der Waals surface area contributed by atoms with Crippen molar-refractivity contribution < 1.29 is 0 Å². The minimum Gasteiger partial charge on any atom is -0.308 e. The Morgan fingerprint density at radius 2 is 1.76 bits per heavy atom. The van der Waals surface area contributed by atoms with E-state index in [0.717, 1.165) is 13.0 Å². The van der Waals surface area contributed by atoms with Crippen LogP contribution in [0, 0.1) is 6.92 Å². The molecule has 0 aromatic heterocycles. The Morgan fingerprint density at radius 3 is 2.24 bits per heavy atom. The van der Waals surface area contributed by atoms with Crippen LogP contribution in [0.4, 0.5) is 0 Å². The highest BCUT2D eigenvalue weighted by Gasteiger charge is 2.11. The zero-order valence-corrected chi connectivity index (χ0v) is 11.8. The third-order valence-corrected chi connectivity index (χ3v) is 3.43. The quantitative estimate of drug-likeness (QED) is 0.814. The fourth-order valence-corrected chi connectivity index (χ4v) is 1.79. The lowest BCUT2D eigenvalue weighted by atomic mass is 10.0. The number of hydrogen-bond donors (Lipinski definition) is 1. The standard InChI is InChI=1S/C15H26N2/c1-6-15(16-11-13(3)17(4)5)14-9-7-12(2)8-10-14/h7-10,13,15-16H,6,11H2,1-5H3. The number of benzene rings is 1. The first-order valence-corrected chi connectivity index (χ1v) is 6.51. The lowest BCUT2D eigenvalue weighted by molar-refractivity contribution is 0.292. The Bertz CT molecular complexity index is 316. The number of nitrogens with one attached hydrogen (secondary N) is 1. The van der Waals surface area contributed by atoms with Gasteiger partial charge in [-0.3, -0.25) is 0 Å². The number of nitrogens with zero attached hydrogens (tertiary/aromatic N) is 1. The molecule has 1 aromatic rings. The van der Waals surface area contributed by atoms with Crippen LogP contribution in [0.3, 0.4) is 0 Å². The highest BCUT2D eigenvalue weighted by molar-refractivity contribution is 5.24. The molecule has 1 aromatic carbocycles. The van der Waals surface area contributed by atoms with Crippen molar-refractivity contribution >= 4 is 0 Å². The van der Waals surface area contributed by atoms with Gasteiger partial charge in [0.2, 0.25) is 0 Å². The molecule has 0 aliphatic heterocycles. The summed E-state index contributed by atoms with van der Waals surface area (Å²) in [7, 11) is 4.25. The molecule has 0 heterocycles. The fourth-order valence-electron chi connectivity index (χ4n) is 1.79. The average Bonchev–Trinajstić information content (AvgIpc) is 2.31. The fraction of sp³-hybridized carbons (Fsp3) is 0.600. The molecule has 0 spiro atoms. The summed E-state index contributed by atoms with van der Waals surface area (Å²) in [5.41, 5.74) is 2.72. The van der Waals surface area contributed by atoms with E-state index in [0.29, 0.717) is 12.1 Å². The minimum absolute atomic E-state index is 0.470. The molecule has 0 bridgehead atoms. The molecule has 0 amide bonds. The zero-order valence-electron chi connectivity index (χ0n) is 11.8. The first-order chi connectivity index (χ1) is 8.04. The summed E-state index contributed by atoms with van der Waals surface area (Å²) in [6.07, 6.45) is 1.13. The van der Waals surface area contributed by atoms with Crippen molar-refractivity contribution in [2.45, 2.75) is 39.3 Å². The Morgan fingerprint density at radius 1 is 1.18 bits per heavy atom. The molecule has 17 heavy (non-hydrogen) atoms. The lowest BCUT2D eigenvalue weighted by Crippen LogP contribution is -2.37. The van der Waals surface area contributed by atoms with E-state index in [4.69, 9.17) is 0 Å². The van der Waals surface area contributed by atoms with Crippen molar-refractivity contribution in [1.82, 2.24) is 10.2 Å². The number of aryl methyl sites for hydroxylation is 1. The number of likely N-dealkylation sites (N-methyl/N-ethyl adjacent to an activating group) is 1. The molecule has 2 heteroatoms. The molecule has 0 aliphatic rings. The van der Waals surface area contributed by atoms with Crippen LogP contribution in [0.2, 0.25) is 0 Å². The van der Waals surface area contributed by atoms with Crippen LogP contribution in [0.25, 0.3) is 0 Å². The Labute approximate surface area is 106 Å². The van der Waals surface area contributed by atoms with E-state index >= 15 is 0 Å². The van der Waals surface area contributed by atoms with Crippen LogP contribution < -0.4 is 5.32 Å². The van der Waals surface area contributed by atoms with Crippen molar-refractivity contribution in [3.8, 4) is 0 Å². The van der Waals surface area contributed by atoms with E-state index in [1.165, 1.54) is 11.1 Å². The molecule has 96 valence electrons. The van der Waals surface area contributed by atoms with E-state index in [-0.39, 0.29) is 0 Å². The van der Waals surface area contributed by atoms with Gasteiger partial charge < -0.3 is 10.2 Å². The van der Waals surface area contributed by atoms with Gasteiger partial charge in [0.05, 0.1) is 0 Å². The van der Waals surface area contributed by atoms with Gasteiger partial charge in [-0.05, 0) is 39.9 Å². The summed E-state index contributed by atoms with van der Waals surface area (Å²) in [4.78, 5) is 2.24. The van der Waals surface area contributed by atoms with E-state index in [1.54, 1.807) is 0 Å². The van der Waals surface area contributed by atoms with Crippen LogP contribution >= 0.6 is 0 Å². The van der Waals surface area contributed by atoms with Crippen LogP contribution in [-0.2, 0) is 0 Å². The van der Waals surface area contributed by atoms with Gasteiger partial charge in [0, 0.05) is 18.6 Å². The molecule has 0 saturated carbocycles. The monoisotopic (exact) mass is 234 g/mol. The normalized spacial score (nSPS) is 14.9. The van der Waals surface area contributed by atoms with Crippen LogP contribution in [-0.4, -0.2) is 31.6 Å². The Balaban J connectivity index is 2.57. The van der Waals surface area contributed by atoms with Gasteiger partial charge in [0.15, 0.2) is 0 Å². The van der Waals surface area contributed by atoms with E-state index in [1.807, 2.05) is 0 Å². The van der Waals surface area contributed by atoms with Crippen molar-refractivity contribution in [3.05, 3.63) is 35.4 Å². The maximum absolute atomic E-state index is 3.64. The van der Waals surface area contributed by atoms with Crippen molar-refractivity contribution in [2.75, 3.05) is 20.6 Å². The molecule has 2 atom stereocenters. The summed E-state index contributed by atoms with van der Waals surface area (Å²) in [6.45, 7) is 7.64. The predicted octanol–water partition coefficient (Wildman–Crippen LogP) is 2.99. The zero-order chi connectivity index (χ0) is 12.8. The van der Waals surface area contributed by atoms with E-state index in [2.05, 4.69) is 69.3 Å². The highest BCUT2D eigenvalue weighted by Crippen LogP contribution is 2.17. The maximum atomic E-state index is 3.64. The largest absolute Gasteiger partial charge is 0.308 e. The first kappa shape index (κ1) is 14.2. The smallest absolute Gasteiger partial charge is 0.0318 e. The van der Waals surface area contributed by atoms with E-state index in [9.17, 15) is 0 Å². The molecule has 0 radical (unpaired) electrons. The van der Waals surface area contributed by atoms with Crippen LogP contribution in [0.5, 0.6) is 0 Å². The van der Waals surface area contributed by atoms with Crippen molar-refractivity contribution in [1.29, 1.82) is 0 Å². The molecule has 2 nitrogen and oxygen atoms in total. The first-order valence-electron chi connectivity index (χ1n) is 6.51. The van der Waals surface area contributed by atoms with Crippen molar-refractivity contribution in [3.63, 3.8) is 0 Å². The Kier molecular flexibility index (Phi) is 5.66. The van der Waals surface area contributed by atoms with Gasteiger partial charge in [0.25, 0.3) is 0 Å². The summed E-state index contributed by atoms with van der Waals surface area (Å²) in [6, 6.07) is 9.88. The topological polar surface area (TPSA) is 15.3 Å². The van der Waals surface area contributed by atoms with Crippen molar-refractivity contribution in [2.24, 2.45) is 0 Å². The Hall–Kier alpha value is -0.860. The molecule has 0 fully saturated rings. The SMILES string of the molecule is CCC(NCC(C)N(C)C)c1ccc(C)cc1. The second kappa shape index (κ2) is 6.77. The minimum atomic E-state index is 0.470.